The van der Waals surface area contributed by atoms with Crippen LogP contribution >= 0.6 is 11.8 Å². The van der Waals surface area contributed by atoms with Gasteiger partial charge in [0.25, 0.3) is 0 Å². The van der Waals surface area contributed by atoms with E-state index < -0.39 is 0 Å². The third-order valence-electron chi connectivity index (χ3n) is 5.07. The number of carbonyl (C=O) groups is 1. The predicted molar refractivity (Wildman–Crippen MR) is 93.2 cm³/mol. The van der Waals surface area contributed by atoms with E-state index in [-0.39, 0.29) is 16.6 Å². The summed E-state index contributed by atoms with van der Waals surface area (Å²) in [5.41, 5.74) is 2.02. The molecule has 3 rings (SSSR count). The summed E-state index contributed by atoms with van der Waals surface area (Å²) in [6.07, 6.45) is 7.36. The van der Waals surface area contributed by atoms with Crippen molar-refractivity contribution < 1.29 is 14.3 Å². The molecule has 23 heavy (non-hydrogen) atoms. The molecule has 5 heteroatoms. The van der Waals surface area contributed by atoms with Gasteiger partial charge in [0, 0.05) is 12.7 Å². The molecule has 2 aliphatic rings. The standard InChI is InChI=1S/C18H23NO3S/c1-19-15-7-5-6-10-18(15,16(23-4)17(19)20)12-8-9-13(21-2)14(11-12)22-3/h7-9,11,16H,5-6,10H2,1-4H3/t16-,18-/m0/s1. The van der Waals surface area contributed by atoms with Crippen molar-refractivity contribution in [3.63, 3.8) is 0 Å². The van der Waals surface area contributed by atoms with Crippen LogP contribution in [0.5, 0.6) is 11.5 Å². The Morgan fingerprint density at radius 2 is 2.00 bits per heavy atom. The van der Waals surface area contributed by atoms with Gasteiger partial charge in [0.05, 0.1) is 24.9 Å². The van der Waals surface area contributed by atoms with Gasteiger partial charge in [-0.15, -0.1) is 0 Å². The number of carbonyl (C=O) groups excluding carboxylic acids is 1. The van der Waals surface area contributed by atoms with Crippen molar-refractivity contribution in [2.24, 2.45) is 0 Å². The Balaban J connectivity index is 2.19. The fraction of sp³-hybridized carbons (Fsp3) is 0.500. The predicted octanol–water partition coefficient (Wildman–Crippen LogP) is 3.21. The van der Waals surface area contributed by atoms with Crippen molar-refractivity contribution in [1.82, 2.24) is 4.90 Å². The van der Waals surface area contributed by atoms with Gasteiger partial charge in [0.2, 0.25) is 5.91 Å². The lowest BCUT2D eigenvalue weighted by atomic mass is 9.70. The molecule has 1 aromatic carbocycles. The quantitative estimate of drug-likeness (QED) is 0.848. The number of rotatable bonds is 4. The molecular weight excluding hydrogens is 310 g/mol. The van der Waals surface area contributed by atoms with E-state index in [4.69, 9.17) is 9.47 Å². The number of hydrogen-bond donors (Lipinski definition) is 0. The summed E-state index contributed by atoms with van der Waals surface area (Å²) in [6, 6.07) is 6.05. The number of benzene rings is 1. The van der Waals surface area contributed by atoms with Crippen molar-refractivity contribution in [2.75, 3.05) is 27.5 Å². The average Bonchev–Trinajstić information content (AvgIpc) is 2.82. The maximum atomic E-state index is 12.8. The summed E-state index contributed by atoms with van der Waals surface area (Å²) in [7, 11) is 5.18. The largest absolute Gasteiger partial charge is 0.493 e. The first-order valence-electron chi connectivity index (χ1n) is 7.83. The first kappa shape index (κ1) is 16.2. The van der Waals surface area contributed by atoms with Crippen LogP contribution in [0.2, 0.25) is 0 Å². The van der Waals surface area contributed by atoms with E-state index in [1.807, 2.05) is 30.3 Å². The lowest BCUT2D eigenvalue weighted by Gasteiger charge is -2.38. The SMILES string of the molecule is COc1ccc([C@@]23CCCC=C2N(C)C(=O)[C@@H]3SC)cc1OC. The molecule has 0 bridgehead atoms. The number of likely N-dealkylation sites (N-methyl/N-ethyl adjacent to an activating group) is 1. The number of methoxy groups -OCH3 is 2. The molecule has 0 unspecified atom stereocenters. The summed E-state index contributed by atoms with van der Waals surface area (Å²) in [6.45, 7) is 0. The number of nitrogens with zero attached hydrogens (tertiary/aromatic N) is 1. The first-order valence-corrected chi connectivity index (χ1v) is 9.12. The van der Waals surface area contributed by atoms with Crippen molar-refractivity contribution in [3.8, 4) is 11.5 Å². The number of likely N-dealkylation sites (tertiary alicyclic amines) is 1. The van der Waals surface area contributed by atoms with Crippen LogP contribution in [0.4, 0.5) is 0 Å². The van der Waals surface area contributed by atoms with Crippen molar-refractivity contribution in [1.29, 1.82) is 0 Å². The maximum absolute atomic E-state index is 12.8. The molecule has 2 atom stereocenters. The second kappa shape index (κ2) is 6.11. The Labute approximate surface area is 141 Å². The number of ether oxygens (including phenoxy) is 2. The molecule has 1 aliphatic carbocycles. The Morgan fingerprint density at radius 1 is 1.26 bits per heavy atom. The minimum Gasteiger partial charge on any atom is -0.493 e. The van der Waals surface area contributed by atoms with E-state index in [1.54, 1.807) is 26.0 Å². The number of fused-ring (bicyclic) bond motifs is 1. The molecular formula is C18H23NO3S. The number of amides is 1. The molecule has 1 amide bonds. The molecule has 0 radical (unpaired) electrons. The van der Waals surface area contributed by atoms with Crippen LogP contribution in [0.3, 0.4) is 0 Å². The van der Waals surface area contributed by atoms with Gasteiger partial charge in [-0.25, -0.2) is 0 Å². The molecule has 0 aromatic heterocycles. The molecule has 124 valence electrons. The topological polar surface area (TPSA) is 38.8 Å². The molecule has 1 saturated heterocycles. The van der Waals surface area contributed by atoms with Crippen molar-refractivity contribution in [2.45, 2.75) is 29.9 Å². The minimum atomic E-state index is -0.261. The fourth-order valence-corrected chi connectivity index (χ4v) is 5.13. The summed E-state index contributed by atoms with van der Waals surface area (Å²) in [5.74, 6) is 1.62. The molecule has 0 saturated carbocycles. The van der Waals surface area contributed by atoms with Gasteiger partial charge in [-0.05, 0) is 43.2 Å². The first-order chi connectivity index (χ1) is 11.1. The molecule has 0 N–H and O–H groups in total. The van der Waals surface area contributed by atoms with Crippen LogP contribution in [-0.4, -0.2) is 43.6 Å². The van der Waals surface area contributed by atoms with Gasteiger partial charge in [0.15, 0.2) is 11.5 Å². The average molecular weight is 333 g/mol. The number of hydrogen-bond acceptors (Lipinski definition) is 4. The van der Waals surface area contributed by atoms with E-state index in [2.05, 4.69) is 12.1 Å². The lowest BCUT2D eigenvalue weighted by molar-refractivity contribution is -0.125. The van der Waals surface area contributed by atoms with Crippen LogP contribution in [0.15, 0.2) is 30.0 Å². The van der Waals surface area contributed by atoms with Gasteiger partial charge in [-0.3, -0.25) is 4.79 Å². The van der Waals surface area contributed by atoms with E-state index in [1.165, 1.54) is 0 Å². The highest BCUT2D eigenvalue weighted by Crippen LogP contribution is 2.54. The van der Waals surface area contributed by atoms with Crippen LogP contribution in [0.25, 0.3) is 0 Å². The molecule has 1 heterocycles. The minimum absolute atomic E-state index is 0.0860. The third-order valence-corrected chi connectivity index (χ3v) is 6.14. The molecule has 0 spiro atoms. The normalized spacial score (nSPS) is 26.8. The number of thioether (sulfide) groups is 1. The van der Waals surface area contributed by atoms with Crippen LogP contribution < -0.4 is 9.47 Å². The molecule has 1 fully saturated rings. The molecule has 1 aliphatic heterocycles. The molecule has 4 nitrogen and oxygen atoms in total. The van der Waals surface area contributed by atoms with Crippen LogP contribution in [-0.2, 0) is 10.2 Å². The van der Waals surface area contributed by atoms with Gasteiger partial charge < -0.3 is 14.4 Å². The maximum Gasteiger partial charge on any atom is 0.240 e. The van der Waals surface area contributed by atoms with E-state index in [0.29, 0.717) is 11.5 Å². The van der Waals surface area contributed by atoms with Crippen LogP contribution in [0, 0.1) is 0 Å². The van der Waals surface area contributed by atoms with Crippen molar-refractivity contribution in [3.05, 3.63) is 35.5 Å². The summed E-state index contributed by atoms with van der Waals surface area (Å²) < 4.78 is 10.8. The van der Waals surface area contributed by atoms with E-state index >= 15 is 0 Å². The zero-order valence-electron chi connectivity index (χ0n) is 14.1. The number of allylic oxidation sites excluding steroid dienone is 2. The van der Waals surface area contributed by atoms with E-state index in [0.717, 1.165) is 30.5 Å². The van der Waals surface area contributed by atoms with Gasteiger partial charge in [-0.1, -0.05) is 12.1 Å². The summed E-state index contributed by atoms with van der Waals surface area (Å²) in [5, 5.41) is -0.0860. The molecule has 1 aromatic rings. The summed E-state index contributed by atoms with van der Waals surface area (Å²) in [4.78, 5) is 14.6. The fourth-order valence-electron chi connectivity index (χ4n) is 4.00. The highest BCUT2D eigenvalue weighted by molar-refractivity contribution is 8.00. The van der Waals surface area contributed by atoms with E-state index in [9.17, 15) is 4.79 Å². The Kier molecular flexibility index (Phi) is 4.32. The third kappa shape index (κ3) is 2.24. The zero-order valence-corrected chi connectivity index (χ0v) is 14.9. The Morgan fingerprint density at radius 3 is 2.65 bits per heavy atom. The highest BCUT2D eigenvalue weighted by Gasteiger charge is 2.56. The second-order valence-electron chi connectivity index (χ2n) is 6.04. The Bertz CT molecular complexity index is 658. The van der Waals surface area contributed by atoms with Gasteiger partial charge in [-0.2, -0.15) is 11.8 Å². The summed E-state index contributed by atoms with van der Waals surface area (Å²) >= 11 is 1.64. The zero-order chi connectivity index (χ0) is 16.6. The van der Waals surface area contributed by atoms with Gasteiger partial charge >= 0.3 is 0 Å². The second-order valence-corrected chi connectivity index (χ2v) is 6.98. The smallest absolute Gasteiger partial charge is 0.240 e. The monoisotopic (exact) mass is 333 g/mol. The van der Waals surface area contributed by atoms with Crippen molar-refractivity contribution >= 4 is 17.7 Å². The Hall–Kier alpha value is -1.62. The highest BCUT2D eigenvalue weighted by atomic mass is 32.2. The lowest BCUT2D eigenvalue weighted by Crippen LogP contribution is -2.38. The van der Waals surface area contributed by atoms with Gasteiger partial charge in [0.1, 0.15) is 0 Å². The van der Waals surface area contributed by atoms with Crippen LogP contribution in [0.1, 0.15) is 24.8 Å².